The minimum Gasteiger partial charge on any atom is -0.325 e. The summed E-state index contributed by atoms with van der Waals surface area (Å²) in [5, 5.41) is 13.1. The number of benzene rings is 2. The molecule has 0 saturated heterocycles. The van der Waals surface area contributed by atoms with E-state index in [9.17, 15) is 4.79 Å². The van der Waals surface area contributed by atoms with Crippen molar-refractivity contribution in [2.45, 2.75) is 12.1 Å². The predicted molar refractivity (Wildman–Crippen MR) is 107 cm³/mol. The number of amides is 1. The molecule has 0 aliphatic heterocycles. The molecule has 0 bridgehead atoms. The molecule has 0 atom stereocenters. The van der Waals surface area contributed by atoms with Crippen LogP contribution in [0.2, 0.25) is 10.0 Å². The van der Waals surface area contributed by atoms with Crippen LogP contribution < -0.4 is 5.32 Å². The highest BCUT2D eigenvalue weighted by Crippen LogP contribution is 2.26. The number of aromatic nitrogens is 3. The van der Waals surface area contributed by atoms with Gasteiger partial charge >= 0.3 is 0 Å². The zero-order chi connectivity index (χ0) is 18.7. The molecule has 2 aromatic carbocycles. The summed E-state index contributed by atoms with van der Waals surface area (Å²) in [5.41, 5.74) is 2.42. The Morgan fingerprint density at radius 2 is 1.96 bits per heavy atom. The fourth-order valence-electron chi connectivity index (χ4n) is 2.38. The number of nitrogens with one attached hydrogen (secondary N) is 1. The summed E-state index contributed by atoms with van der Waals surface area (Å²) in [5.74, 6) is 0.779. The van der Waals surface area contributed by atoms with E-state index in [-0.39, 0.29) is 11.7 Å². The van der Waals surface area contributed by atoms with E-state index in [1.54, 1.807) is 18.2 Å². The number of hydrogen-bond donors (Lipinski definition) is 1. The summed E-state index contributed by atoms with van der Waals surface area (Å²) in [6.07, 6.45) is 0. The Morgan fingerprint density at radius 3 is 2.73 bits per heavy atom. The van der Waals surface area contributed by atoms with Crippen LogP contribution in [0, 0.1) is 6.92 Å². The van der Waals surface area contributed by atoms with E-state index >= 15 is 0 Å². The lowest BCUT2D eigenvalue weighted by Crippen LogP contribution is -2.15. The number of halogens is 2. The van der Waals surface area contributed by atoms with E-state index in [1.807, 2.05) is 42.8 Å². The number of hydrogen-bond acceptors (Lipinski definition) is 4. The van der Waals surface area contributed by atoms with Crippen molar-refractivity contribution in [1.29, 1.82) is 0 Å². The second-order valence-electron chi connectivity index (χ2n) is 5.62. The Hall–Kier alpha value is -2.02. The highest BCUT2D eigenvalue weighted by atomic mass is 35.5. The van der Waals surface area contributed by atoms with Crippen molar-refractivity contribution in [1.82, 2.24) is 14.8 Å². The van der Waals surface area contributed by atoms with Gasteiger partial charge in [-0.05, 0) is 36.8 Å². The molecule has 8 heteroatoms. The first-order valence-corrected chi connectivity index (χ1v) is 9.53. The summed E-state index contributed by atoms with van der Waals surface area (Å²) >= 11 is 13.4. The van der Waals surface area contributed by atoms with Crippen LogP contribution in [0.5, 0.6) is 0 Å². The van der Waals surface area contributed by atoms with Crippen LogP contribution in [-0.2, 0) is 11.8 Å². The summed E-state index contributed by atoms with van der Waals surface area (Å²) in [4.78, 5) is 12.2. The van der Waals surface area contributed by atoms with Gasteiger partial charge in [0, 0.05) is 28.3 Å². The fourth-order valence-corrected chi connectivity index (χ4v) is 3.45. The Labute approximate surface area is 165 Å². The highest BCUT2D eigenvalue weighted by Gasteiger charge is 2.14. The van der Waals surface area contributed by atoms with Gasteiger partial charge in [0.1, 0.15) is 0 Å². The third kappa shape index (κ3) is 4.20. The first kappa shape index (κ1) is 18.8. The average molecular weight is 407 g/mol. The zero-order valence-corrected chi connectivity index (χ0v) is 16.5. The molecule has 0 spiro atoms. The van der Waals surface area contributed by atoms with Gasteiger partial charge in [0.2, 0.25) is 5.91 Å². The van der Waals surface area contributed by atoms with Crippen molar-refractivity contribution in [3.05, 3.63) is 58.1 Å². The lowest BCUT2D eigenvalue weighted by molar-refractivity contribution is -0.113. The minimum atomic E-state index is -0.132. The maximum atomic E-state index is 12.2. The predicted octanol–water partition coefficient (Wildman–Crippen LogP) is 4.83. The van der Waals surface area contributed by atoms with E-state index in [0.717, 1.165) is 11.1 Å². The van der Waals surface area contributed by atoms with E-state index in [4.69, 9.17) is 23.2 Å². The summed E-state index contributed by atoms with van der Waals surface area (Å²) in [7, 11) is 1.86. The molecule has 0 radical (unpaired) electrons. The molecule has 26 heavy (non-hydrogen) atoms. The molecule has 5 nitrogen and oxygen atoms in total. The van der Waals surface area contributed by atoms with Crippen molar-refractivity contribution in [2.75, 3.05) is 11.1 Å². The van der Waals surface area contributed by atoms with E-state index < -0.39 is 0 Å². The van der Waals surface area contributed by atoms with Crippen molar-refractivity contribution < 1.29 is 4.79 Å². The van der Waals surface area contributed by atoms with Crippen LogP contribution in [-0.4, -0.2) is 26.4 Å². The Kier molecular flexibility index (Phi) is 5.86. The molecular formula is C18H16Cl2N4OS. The van der Waals surface area contributed by atoms with Gasteiger partial charge in [0.15, 0.2) is 11.0 Å². The van der Waals surface area contributed by atoms with Crippen LogP contribution >= 0.6 is 35.0 Å². The molecule has 1 amide bonds. The highest BCUT2D eigenvalue weighted by molar-refractivity contribution is 7.99. The lowest BCUT2D eigenvalue weighted by atomic mass is 10.2. The molecule has 1 N–H and O–H groups in total. The van der Waals surface area contributed by atoms with Gasteiger partial charge in [-0.25, -0.2) is 0 Å². The third-order valence-corrected chi connectivity index (χ3v) is 5.46. The normalized spacial score (nSPS) is 10.8. The molecule has 1 heterocycles. The summed E-state index contributed by atoms with van der Waals surface area (Å²) in [6.45, 7) is 1.87. The Bertz CT molecular complexity index is 958. The van der Waals surface area contributed by atoms with Crippen molar-refractivity contribution in [2.24, 2.45) is 7.05 Å². The van der Waals surface area contributed by atoms with Crippen molar-refractivity contribution >= 4 is 46.6 Å². The molecule has 1 aromatic heterocycles. The molecule has 134 valence electrons. The van der Waals surface area contributed by atoms with Crippen LogP contribution in [0.3, 0.4) is 0 Å². The third-order valence-electron chi connectivity index (χ3n) is 3.79. The van der Waals surface area contributed by atoms with Crippen LogP contribution in [0.25, 0.3) is 11.4 Å². The maximum Gasteiger partial charge on any atom is 0.234 e. The smallest absolute Gasteiger partial charge is 0.234 e. The number of nitrogens with zero attached hydrogens (tertiary/aromatic N) is 3. The van der Waals surface area contributed by atoms with Crippen molar-refractivity contribution in [3.8, 4) is 11.4 Å². The molecule has 0 saturated carbocycles. The van der Waals surface area contributed by atoms with Gasteiger partial charge in [0.25, 0.3) is 0 Å². The minimum absolute atomic E-state index is 0.132. The average Bonchev–Trinajstić information content (AvgIpc) is 2.98. The van der Waals surface area contributed by atoms with Gasteiger partial charge in [-0.3, -0.25) is 4.79 Å². The lowest BCUT2D eigenvalue weighted by Gasteiger charge is -2.09. The largest absolute Gasteiger partial charge is 0.325 e. The van der Waals surface area contributed by atoms with Crippen molar-refractivity contribution in [3.63, 3.8) is 0 Å². The summed E-state index contributed by atoms with van der Waals surface area (Å²) < 4.78 is 1.84. The fraction of sp³-hybridized carbons (Fsp3) is 0.167. The van der Waals surface area contributed by atoms with E-state index in [1.165, 1.54) is 11.8 Å². The quantitative estimate of drug-likeness (QED) is 0.616. The zero-order valence-electron chi connectivity index (χ0n) is 14.2. The standard InChI is InChI=1S/C18H16Cl2N4OS/c1-11-14(20)7-4-8-15(11)21-16(25)10-26-18-23-22-17(24(18)2)12-5-3-6-13(19)9-12/h3-9H,10H2,1-2H3,(H,21,25). The molecule has 0 aliphatic carbocycles. The SMILES string of the molecule is Cc1c(Cl)cccc1NC(=O)CSc1nnc(-c2cccc(Cl)c2)n1C. The maximum absolute atomic E-state index is 12.2. The number of carbonyl (C=O) groups excluding carboxylic acids is 1. The molecule has 3 rings (SSSR count). The van der Waals surface area contributed by atoms with Gasteiger partial charge < -0.3 is 9.88 Å². The molecule has 3 aromatic rings. The molecule has 0 fully saturated rings. The van der Waals surface area contributed by atoms with E-state index in [2.05, 4.69) is 15.5 Å². The van der Waals surface area contributed by atoms with Gasteiger partial charge in [-0.2, -0.15) is 0 Å². The Balaban J connectivity index is 1.67. The van der Waals surface area contributed by atoms with Gasteiger partial charge in [-0.1, -0.05) is 53.2 Å². The van der Waals surface area contributed by atoms with Gasteiger partial charge in [0.05, 0.1) is 5.75 Å². The second-order valence-corrected chi connectivity index (χ2v) is 7.41. The second kappa shape index (κ2) is 8.12. The molecular weight excluding hydrogens is 391 g/mol. The van der Waals surface area contributed by atoms with E-state index in [0.29, 0.717) is 26.7 Å². The topological polar surface area (TPSA) is 59.8 Å². The number of anilines is 1. The molecule has 0 unspecified atom stereocenters. The number of thioether (sulfide) groups is 1. The Morgan fingerprint density at radius 1 is 1.19 bits per heavy atom. The van der Waals surface area contributed by atoms with Crippen LogP contribution in [0.15, 0.2) is 47.6 Å². The van der Waals surface area contributed by atoms with Crippen LogP contribution in [0.1, 0.15) is 5.56 Å². The monoisotopic (exact) mass is 406 g/mol. The van der Waals surface area contributed by atoms with Crippen LogP contribution in [0.4, 0.5) is 5.69 Å². The first-order chi connectivity index (χ1) is 12.5. The first-order valence-electron chi connectivity index (χ1n) is 7.79. The number of rotatable bonds is 5. The summed E-state index contributed by atoms with van der Waals surface area (Å²) in [6, 6.07) is 12.8. The number of carbonyl (C=O) groups is 1. The molecule has 0 aliphatic rings. The van der Waals surface area contributed by atoms with Gasteiger partial charge in [-0.15, -0.1) is 10.2 Å².